The van der Waals surface area contributed by atoms with Crippen molar-refractivity contribution in [3.05, 3.63) is 53.1 Å². The molecule has 1 aliphatic rings. The fraction of sp³-hybridized carbons (Fsp3) is 0.188. The Morgan fingerprint density at radius 2 is 1.95 bits per heavy atom. The maximum absolute atomic E-state index is 12.5. The van der Waals surface area contributed by atoms with Crippen LogP contribution in [0.4, 0.5) is 5.69 Å². The Kier molecular flexibility index (Phi) is 3.17. The van der Waals surface area contributed by atoms with Gasteiger partial charge in [0, 0.05) is 24.3 Å². The van der Waals surface area contributed by atoms with Crippen LogP contribution in [-0.2, 0) is 13.1 Å². The van der Waals surface area contributed by atoms with Gasteiger partial charge in [0.25, 0.3) is 5.91 Å². The van der Waals surface area contributed by atoms with Gasteiger partial charge in [0.1, 0.15) is 0 Å². The summed E-state index contributed by atoms with van der Waals surface area (Å²) in [4.78, 5) is 14.2. The number of carbonyl (C=O) groups is 1. The Hall–Kier alpha value is -2.69. The minimum atomic E-state index is -0.122. The zero-order valence-electron chi connectivity index (χ0n) is 11.7. The summed E-state index contributed by atoms with van der Waals surface area (Å²) in [5.74, 6) is 0.191. The lowest BCUT2D eigenvalue weighted by molar-refractivity contribution is 0.0751. The highest BCUT2D eigenvalue weighted by molar-refractivity contribution is 5.95. The van der Waals surface area contributed by atoms with E-state index in [1.807, 2.05) is 18.2 Å². The number of ether oxygens (including phenoxy) is 1. The smallest absolute Gasteiger partial charge is 0.254 e. The molecule has 3 N–H and O–H groups in total. The maximum Gasteiger partial charge on any atom is 0.254 e. The van der Waals surface area contributed by atoms with Crippen molar-refractivity contribution in [2.45, 2.75) is 13.1 Å². The van der Waals surface area contributed by atoms with E-state index in [0.717, 1.165) is 11.1 Å². The molecule has 0 atom stereocenters. The van der Waals surface area contributed by atoms with Gasteiger partial charge in [-0.15, -0.1) is 0 Å². The number of aromatic hydroxyl groups is 1. The average Bonchev–Trinajstić information content (AvgIpc) is 2.89. The van der Waals surface area contributed by atoms with E-state index in [4.69, 9.17) is 10.5 Å². The van der Waals surface area contributed by atoms with Crippen molar-refractivity contribution in [1.82, 2.24) is 4.90 Å². The lowest BCUT2D eigenvalue weighted by Crippen LogP contribution is -2.25. The van der Waals surface area contributed by atoms with E-state index in [1.165, 1.54) is 13.2 Å². The molecule has 2 aromatic carbocycles. The highest BCUT2D eigenvalue weighted by atomic mass is 16.5. The van der Waals surface area contributed by atoms with Crippen LogP contribution in [-0.4, -0.2) is 23.0 Å². The van der Waals surface area contributed by atoms with Gasteiger partial charge in [-0.05, 0) is 41.5 Å². The molecular formula is C16H16N2O3. The SMILES string of the molecule is COc1ccc(C(=O)N2Cc3ccc(N)cc3C2)cc1O. The minimum absolute atomic E-state index is 0.0377. The van der Waals surface area contributed by atoms with Crippen LogP contribution in [0.3, 0.4) is 0 Å². The predicted molar refractivity (Wildman–Crippen MR) is 79.1 cm³/mol. The molecule has 0 saturated heterocycles. The molecule has 0 radical (unpaired) electrons. The van der Waals surface area contributed by atoms with Crippen LogP contribution in [0.1, 0.15) is 21.5 Å². The number of methoxy groups -OCH3 is 1. The van der Waals surface area contributed by atoms with Gasteiger partial charge in [0.15, 0.2) is 11.5 Å². The number of phenolic OH excluding ortho intramolecular Hbond substituents is 1. The molecule has 0 spiro atoms. The average molecular weight is 284 g/mol. The molecular weight excluding hydrogens is 268 g/mol. The third kappa shape index (κ3) is 2.38. The normalized spacial score (nSPS) is 13.1. The molecule has 1 aliphatic heterocycles. The molecule has 2 aromatic rings. The Balaban J connectivity index is 1.83. The van der Waals surface area contributed by atoms with Gasteiger partial charge in [0.2, 0.25) is 0 Å². The number of benzene rings is 2. The van der Waals surface area contributed by atoms with Crippen molar-refractivity contribution < 1.29 is 14.6 Å². The molecule has 1 heterocycles. The van der Waals surface area contributed by atoms with Crippen molar-refractivity contribution in [1.29, 1.82) is 0 Å². The summed E-state index contributed by atoms with van der Waals surface area (Å²) < 4.78 is 4.98. The Morgan fingerprint density at radius 1 is 1.19 bits per heavy atom. The van der Waals surface area contributed by atoms with E-state index < -0.39 is 0 Å². The number of hydrogen-bond donors (Lipinski definition) is 2. The van der Waals surface area contributed by atoms with E-state index in [2.05, 4.69) is 0 Å². The highest BCUT2D eigenvalue weighted by Crippen LogP contribution is 2.29. The highest BCUT2D eigenvalue weighted by Gasteiger charge is 2.24. The number of nitrogen functional groups attached to an aromatic ring is 1. The topological polar surface area (TPSA) is 75.8 Å². The summed E-state index contributed by atoms with van der Waals surface area (Å²) in [6.45, 7) is 1.09. The Bertz CT molecular complexity index is 713. The third-order valence-corrected chi connectivity index (χ3v) is 3.67. The van der Waals surface area contributed by atoms with Crippen LogP contribution in [0.5, 0.6) is 11.5 Å². The first-order valence-electron chi connectivity index (χ1n) is 6.62. The summed E-state index contributed by atoms with van der Waals surface area (Å²) in [5.41, 5.74) is 9.08. The van der Waals surface area contributed by atoms with Gasteiger partial charge in [-0.2, -0.15) is 0 Å². The number of amides is 1. The molecule has 0 unspecified atom stereocenters. The van der Waals surface area contributed by atoms with Gasteiger partial charge in [0.05, 0.1) is 7.11 Å². The lowest BCUT2D eigenvalue weighted by atomic mass is 10.1. The van der Waals surface area contributed by atoms with Crippen LogP contribution in [0.2, 0.25) is 0 Å². The standard InChI is InChI=1S/C16H16N2O3/c1-21-15-5-3-10(7-14(15)19)16(20)18-8-11-2-4-13(17)6-12(11)9-18/h2-7,19H,8-9,17H2,1H3. The van der Waals surface area contributed by atoms with Gasteiger partial charge in [-0.3, -0.25) is 4.79 Å². The molecule has 21 heavy (non-hydrogen) atoms. The molecule has 3 rings (SSSR count). The molecule has 5 heteroatoms. The summed E-state index contributed by atoms with van der Waals surface area (Å²) in [5, 5.41) is 9.78. The number of hydrogen-bond acceptors (Lipinski definition) is 4. The molecule has 108 valence electrons. The summed E-state index contributed by atoms with van der Waals surface area (Å²) in [7, 11) is 1.47. The Labute approximate surface area is 122 Å². The molecule has 1 amide bonds. The van der Waals surface area contributed by atoms with E-state index in [9.17, 15) is 9.90 Å². The number of carbonyl (C=O) groups excluding carboxylic acids is 1. The minimum Gasteiger partial charge on any atom is -0.504 e. The number of anilines is 1. The lowest BCUT2D eigenvalue weighted by Gasteiger charge is -2.16. The summed E-state index contributed by atoms with van der Waals surface area (Å²) in [6.07, 6.45) is 0. The second-order valence-electron chi connectivity index (χ2n) is 5.08. The zero-order chi connectivity index (χ0) is 15.0. The van der Waals surface area contributed by atoms with Gasteiger partial charge < -0.3 is 20.5 Å². The van der Waals surface area contributed by atoms with E-state index in [0.29, 0.717) is 30.1 Å². The first kappa shape index (κ1) is 13.3. The Morgan fingerprint density at radius 3 is 2.67 bits per heavy atom. The van der Waals surface area contributed by atoms with Crippen LogP contribution in [0, 0.1) is 0 Å². The zero-order valence-corrected chi connectivity index (χ0v) is 11.7. The molecule has 5 nitrogen and oxygen atoms in total. The second kappa shape index (κ2) is 5.01. The predicted octanol–water partition coefficient (Wildman–Crippen LogP) is 2.14. The quantitative estimate of drug-likeness (QED) is 0.828. The molecule has 0 bridgehead atoms. The first-order valence-corrected chi connectivity index (χ1v) is 6.62. The van der Waals surface area contributed by atoms with Crippen LogP contribution in [0.25, 0.3) is 0 Å². The van der Waals surface area contributed by atoms with Crippen molar-refractivity contribution in [3.63, 3.8) is 0 Å². The number of fused-ring (bicyclic) bond motifs is 1. The van der Waals surface area contributed by atoms with E-state index in [-0.39, 0.29) is 11.7 Å². The monoisotopic (exact) mass is 284 g/mol. The molecule has 0 aliphatic carbocycles. The largest absolute Gasteiger partial charge is 0.504 e. The molecule has 0 saturated carbocycles. The van der Waals surface area contributed by atoms with Crippen LogP contribution < -0.4 is 10.5 Å². The second-order valence-corrected chi connectivity index (χ2v) is 5.08. The van der Waals surface area contributed by atoms with Gasteiger partial charge >= 0.3 is 0 Å². The van der Waals surface area contributed by atoms with Crippen molar-refractivity contribution in [2.24, 2.45) is 0 Å². The molecule has 0 aromatic heterocycles. The third-order valence-electron chi connectivity index (χ3n) is 3.67. The number of nitrogens with two attached hydrogens (primary N) is 1. The summed E-state index contributed by atoms with van der Waals surface area (Å²) in [6, 6.07) is 10.4. The fourth-order valence-electron chi connectivity index (χ4n) is 2.56. The van der Waals surface area contributed by atoms with Crippen molar-refractivity contribution in [3.8, 4) is 11.5 Å². The summed E-state index contributed by atoms with van der Waals surface area (Å²) >= 11 is 0. The number of phenols is 1. The van der Waals surface area contributed by atoms with Crippen molar-refractivity contribution in [2.75, 3.05) is 12.8 Å². The van der Waals surface area contributed by atoms with Gasteiger partial charge in [-0.1, -0.05) is 6.07 Å². The van der Waals surface area contributed by atoms with Gasteiger partial charge in [-0.25, -0.2) is 0 Å². The van der Waals surface area contributed by atoms with Crippen LogP contribution in [0.15, 0.2) is 36.4 Å². The maximum atomic E-state index is 12.5. The molecule has 0 fully saturated rings. The van der Waals surface area contributed by atoms with E-state index in [1.54, 1.807) is 17.0 Å². The van der Waals surface area contributed by atoms with Crippen LogP contribution >= 0.6 is 0 Å². The fourth-order valence-corrected chi connectivity index (χ4v) is 2.56. The number of nitrogens with zero attached hydrogens (tertiary/aromatic N) is 1. The number of rotatable bonds is 2. The van der Waals surface area contributed by atoms with Crippen molar-refractivity contribution >= 4 is 11.6 Å². The van der Waals surface area contributed by atoms with E-state index >= 15 is 0 Å². The first-order chi connectivity index (χ1) is 10.1.